The molecule has 2 unspecified atom stereocenters. The third-order valence-electron chi connectivity index (χ3n) is 8.36. The van der Waals surface area contributed by atoms with Crippen molar-refractivity contribution < 1.29 is 71.4 Å². The number of phenols is 1. The number of rotatable bonds is 11. The van der Waals surface area contributed by atoms with Gasteiger partial charge in [0.2, 0.25) is 0 Å². The highest BCUT2D eigenvalue weighted by Gasteiger charge is 2.17. The SMILES string of the molecule is O=Nc1ccc(/N=N/c2cc(COCC3COCCOCCOCCOCCOCCO3)c(O)c(COCC3COCCOCCOCCOCCOCCO3)c2)cc1. The Morgan fingerprint density at radius 3 is 1.15 bits per heavy atom. The van der Waals surface area contributed by atoms with Gasteiger partial charge in [0, 0.05) is 11.1 Å². The summed E-state index contributed by atoms with van der Waals surface area (Å²) >= 11 is 0. The molecule has 59 heavy (non-hydrogen) atoms. The van der Waals surface area contributed by atoms with E-state index in [0.29, 0.717) is 155 Å². The first-order chi connectivity index (χ1) is 29.2. The van der Waals surface area contributed by atoms with Gasteiger partial charge in [0.05, 0.1) is 183 Å². The average Bonchev–Trinajstić information content (AvgIpc) is 3.25. The first-order valence-corrected chi connectivity index (χ1v) is 20.1. The molecule has 332 valence electrons. The largest absolute Gasteiger partial charge is 0.507 e. The molecule has 2 aliphatic rings. The molecule has 0 aliphatic carbocycles. The van der Waals surface area contributed by atoms with Gasteiger partial charge in [0.25, 0.3) is 0 Å². The van der Waals surface area contributed by atoms with Crippen LogP contribution in [0, 0.1) is 4.91 Å². The number of aromatic hydroxyl groups is 1. The zero-order chi connectivity index (χ0) is 41.3. The van der Waals surface area contributed by atoms with Gasteiger partial charge in [-0.2, -0.15) is 10.2 Å². The van der Waals surface area contributed by atoms with Gasteiger partial charge in [0.1, 0.15) is 23.6 Å². The quantitative estimate of drug-likeness (QED) is 0.249. The number of azo groups is 1. The Kier molecular flexibility index (Phi) is 26.8. The van der Waals surface area contributed by atoms with Crippen molar-refractivity contribution in [3.63, 3.8) is 0 Å². The first kappa shape index (κ1) is 48.5. The van der Waals surface area contributed by atoms with Crippen LogP contribution in [0.15, 0.2) is 51.8 Å². The maximum absolute atomic E-state index is 11.4. The molecule has 0 saturated carbocycles. The summed E-state index contributed by atoms with van der Waals surface area (Å²) in [6.07, 6.45) is -0.837. The zero-order valence-corrected chi connectivity index (χ0v) is 33.9. The molecular weight excluding hydrogens is 778 g/mol. The number of phenolic OH excluding ortho intramolecular Hbond substituents is 1. The summed E-state index contributed by atoms with van der Waals surface area (Å²) in [5.74, 6) is -0.0115. The van der Waals surface area contributed by atoms with E-state index in [-0.39, 0.29) is 51.1 Å². The third-order valence-corrected chi connectivity index (χ3v) is 8.36. The summed E-state index contributed by atoms with van der Waals surface area (Å²) in [4.78, 5) is 10.9. The van der Waals surface area contributed by atoms with E-state index >= 15 is 0 Å². The van der Waals surface area contributed by atoms with E-state index in [4.69, 9.17) is 66.3 Å². The van der Waals surface area contributed by atoms with E-state index in [1.54, 1.807) is 36.4 Å². The lowest BCUT2D eigenvalue weighted by Gasteiger charge is -2.20. The van der Waals surface area contributed by atoms with Gasteiger partial charge in [-0.3, -0.25) is 0 Å². The van der Waals surface area contributed by atoms with Crippen molar-refractivity contribution in [2.24, 2.45) is 15.4 Å². The van der Waals surface area contributed by atoms with Crippen molar-refractivity contribution in [1.29, 1.82) is 0 Å². The van der Waals surface area contributed by atoms with Gasteiger partial charge in [-0.25, -0.2) is 0 Å². The second-order valence-electron chi connectivity index (χ2n) is 13.0. The highest BCUT2D eigenvalue weighted by Crippen LogP contribution is 2.31. The van der Waals surface area contributed by atoms with Crippen LogP contribution >= 0.6 is 0 Å². The fourth-order valence-electron chi connectivity index (χ4n) is 5.34. The molecule has 0 aromatic heterocycles. The van der Waals surface area contributed by atoms with Gasteiger partial charge in [-0.05, 0) is 41.6 Å². The lowest BCUT2D eigenvalue weighted by molar-refractivity contribution is -0.0871. The van der Waals surface area contributed by atoms with Crippen LogP contribution in [0.5, 0.6) is 5.75 Å². The first-order valence-electron chi connectivity index (χ1n) is 20.1. The minimum atomic E-state index is -0.419. The number of nitrogens with zero attached hydrogens (tertiary/aromatic N) is 3. The molecule has 19 nitrogen and oxygen atoms in total. The van der Waals surface area contributed by atoms with Crippen molar-refractivity contribution in [3.05, 3.63) is 52.4 Å². The maximum atomic E-state index is 11.4. The van der Waals surface area contributed by atoms with Gasteiger partial charge >= 0.3 is 0 Å². The van der Waals surface area contributed by atoms with E-state index in [1.165, 1.54) is 0 Å². The van der Waals surface area contributed by atoms with Crippen LogP contribution in [0.1, 0.15) is 11.1 Å². The Bertz CT molecular complexity index is 1290. The molecule has 2 fully saturated rings. The Morgan fingerprint density at radius 2 is 0.780 bits per heavy atom. The van der Waals surface area contributed by atoms with E-state index in [1.807, 2.05) is 0 Å². The topological polar surface area (TPSA) is 204 Å². The van der Waals surface area contributed by atoms with Gasteiger partial charge < -0.3 is 71.4 Å². The molecule has 2 aromatic carbocycles. The normalized spacial score (nSPS) is 22.1. The summed E-state index contributed by atoms with van der Waals surface area (Å²) in [7, 11) is 0. The zero-order valence-electron chi connectivity index (χ0n) is 33.9. The van der Waals surface area contributed by atoms with Crippen molar-refractivity contribution >= 4 is 17.1 Å². The Hall–Kier alpha value is -3.12. The van der Waals surface area contributed by atoms with Crippen LogP contribution in [-0.4, -0.2) is 176 Å². The van der Waals surface area contributed by atoms with E-state index in [2.05, 4.69) is 15.4 Å². The van der Waals surface area contributed by atoms with E-state index in [9.17, 15) is 10.0 Å². The van der Waals surface area contributed by atoms with Crippen molar-refractivity contribution in [1.82, 2.24) is 0 Å². The monoisotopic (exact) mass is 839 g/mol. The maximum Gasteiger partial charge on any atom is 0.126 e. The van der Waals surface area contributed by atoms with Gasteiger partial charge in [-0.15, -0.1) is 4.91 Å². The van der Waals surface area contributed by atoms with Crippen LogP contribution in [-0.2, 0) is 79.5 Å². The number of nitroso groups, excluding NO2 is 1. The lowest BCUT2D eigenvalue weighted by atomic mass is 10.1. The molecule has 2 atom stereocenters. The average molecular weight is 840 g/mol. The Morgan fingerprint density at radius 1 is 0.458 bits per heavy atom. The molecular formula is C40H61N3O16. The van der Waals surface area contributed by atoms with Crippen LogP contribution in [0.4, 0.5) is 17.1 Å². The molecule has 0 bridgehead atoms. The summed E-state index contributed by atoms with van der Waals surface area (Å²) in [6.45, 7) is 9.44. The summed E-state index contributed by atoms with van der Waals surface area (Å²) < 4.78 is 80.3. The molecule has 0 amide bonds. The molecule has 0 radical (unpaired) electrons. The number of hydrogen-bond donors (Lipinski definition) is 1. The molecule has 2 heterocycles. The van der Waals surface area contributed by atoms with Gasteiger partial charge in [-0.1, -0.05) is 0 Å². The molecule has 4 rings (SSSR count). The molecule has 1 N–H and O–H groups in total. The Labute approximate surface area is 345 Å². The fourth-order valence-corrected chi connectivity index (χ4v) is 5.34. The number of hydrogen-bond acceptors (Lipinski definition) is 19. The van der Waals surface area contributed by atoms with Crippen molar-refractivity contribution in [3.8, 4) is 5.75 Å². The highest BCUT2D eigenvalue weighted by atomic mass is 16.6. The molecule has 19 heteroatoms. The fraction of sp³-hybridized carbons (Fsp3) is 0.700. The molecule has 0 spiro atoms. The summed E-state index contributed by atoms with van der Waals surface area (Å²) in [6, 6.07) is 9.73. The summed E-state index contributed by atoms with van der Waals surface area (Å²) in [5.41, 5.74) is 2.16. The second-order valence-corrected chi connectivity index (χ2v) is 13.0. The van der Waals surface area contributed by atoms with E-state index in [0.717, 1.165) is 0 Å². The van der Waals surface area contributed by atoms with Crippen LogP contribution in [0.2, 0.25) is 0 Å². The third kappa shape index (κ3) is 22.9. The molecule has 2 aliphatic heterocycles. The van der Waals surface area contributed by atoms with Gasteiger partial charge in [0.15, 0.2) is 0 Å². The predicted molar refractivity (Wildman–Crippen MR) is 211 cm³/mol. The second kappa shape index (κ2) is 32.6. The number of ether oxygens (including phenoxy) is 14. The van der Waals surface area contributed by atoms with Crippen LogP contribution < -0.4 is 0 Å². The van der Waals surface area contributed by atoms with Crippen LogP contribution in [0.3, 0.4) is 0 Å². The highest BCUT2D eigenvalue weighted by molar-refractivity contribution is 5.53. The smallest absolute Gasteiger partial charge is 0.126 e. The minimum Gasteiger partial charge on any atom is -0.507 e. The van der Waals surface area contributed by atoms with Crippen LogP contribution in [0.25, 0.3) is 0 Å². The summed E-state index contributed by atoms with van der Waals surface area (Å²) in [5, 5.41) is 23.1. The molecule has 2 saturated heterocycles. The molecule has 2 aromatic rings. The Balaban J connectivity index is 1.37. The standard InChI is InChI=1S/C40H61N3O16/c44-40-33(27-56-31-38-29-54-19-17-50-11-9-46-5-7-48-13-15-52-21-23-58-38)25-37(42-41-35-1-3-36(43-45)4-2-35)26-34(40)28-57-32-39-30-55-20-18-51-12-10-47-6-8-49-14-16-53-22-24-59-39/h1-4,25-26,38-39,44H,5-24,27-32H2/b42-41+. The predicted octanol–water partition coefficient (Wildman–Crippen LogP) is 4.20. The van der Waals surface area contributed by atoms with E-state index < -0.39 is 12.2 Å². The van der Waals surface area contributed by atoms with Crippen molar-refractivity contribution in [2.75, 3.05) is 159 Å². The lowest BCUT2D eigenvalue weighted by Crippen LogP contribution is -2.28. The number of benzene rings is 2. The van der Waals surface area contributed by atoms with Crippen molar-refractivity contribution in [2.45, 2.75) is 25.4 Å². The minimum absolute atomic E-state index is 0.0115.